The number of carbonyl (C=O) groups excluding carboxylic acids is 1. The molecule has 2 aromatic rings. The van der Waals surface area contributed by atoms with E-state index >= 15 is 0 Å². The van der Waals surface area contributed by atoms with Crippen molar-refractivity contribution < 1.29 is 19.4 Å². The van der Waals surface area contributed by atoms with Gasteiger partial charge in [-0.2, -0.15) is 0 Å². The molecule has 0 aliphatic heterocycles. The molecule has 0 heterocycles. The molecule has 0 aliphatic carbocycles. The Hall–Kier alpha value is -2.53. The number of aliphatic carboxylic acids is 1. The van der Waals surface area contributed by atoms with Gasteiger partial charge in [-0.05, 0) is 30.7 Å². The fourth-order valence-electron chi connectivity index (χ4n) is 2.50. The van der Waals surface area contributed by atoms with Crippen LogP contribution in [0.2, 0.25) is 5.02 Å². The summed E-state index contributed by atoms with van der Waals surface area (Å²) in [5, 5.41) is 9.84. The van der Waals surface area contributed by atoms with Crippen LogP contribution in [0.5, 0.6) is 5.75 Å². The van der Waals surface area contributed by atoms with Gasteiger partial charge >= 0.3 is 5.97 Å². The van der Waals surface area contributed by atoms with Gasteiger partial charge in [0.25, 0.3) is 0 Å². The average Bonchev–Trinajstić information content (AvgIpc) is 2.60. The van der Waals surface area contributed by atoms with Crippen LogP contribution in [0.15, 0.2) is 48.5 Å². The first-order chi connectivity index (χ1) is 11.9. The lowest BCUT2D eigenvalue weighted by molar-refractivity contribution is -0.149. The fraction of sp³-hybridized carbons (Fsp3) is 0.263. The summed E-state index contributed by atoms with van der Waals surface area (Å²) < 4.78 is 5.26. The molecular weight excluding hydrogens is 342 g/mol. The Bertz CT molecular complexity index is 748. The molecule has 0 saturated carbocycles. The molecule has 0 fully saturated rings. The summed E-state index contributed by atoms with van der Waals surface area (Å²) in [4.78, 5) is 25.6. The summed E-state index contributed by atoms with van der Waals surface area (Å²) >= 11 is 6.01. The maximum absolute atomic E-state index is 12.8. The first kappa shape index (κ1) is 18.8. The van der Waals surface area contributed by atoms with Crippen LogP contribution in [0.1, 0.15) is 18.1 Å². The summed E-state index contributed by atoms with van der Waals surface area (Å²) in [6, 6.07) is 13.4. The second-order valence-corrected chi connectivity index (χ2v) is 6.09. The summed E-state index contributed by atoms with van der Waals surface area (Å²) in [6.45, 7) is 1.72. The van der Waals surface area contributed by atoms with Crippen molar-refractivity contribution in [3.8, 4) is 5.75 Å². The van der Waals surface area contributed by atoms with Crippen LogP contribution in [0, 0.1) is 0 Å². The third-order valence-electron chi connectivity index (χ3n) is 3.93. The lowest BCUT2D eigenvalue weighted by atomic mass is 10.1. The highest BCUT2D eigenvalue weighted by Gasteiger charge is 2.26. The van der Waals surface area contributed by atoms with Gasteiger partial charge in [-0.15, -0.1) is 0 Å². The van der Waals surface area contributed by atoms with Crippen LogP contribution in [0.4, 0.5) is 0 Å². The van der Waals surface area contributed by atoms with Gasteiger partial charge < -0.3 is 14.7 Å². The van der Waals surface area contributed by atoms with Crippen molar-refractivity contribution in [1.29, 1.82) is 0 Å². The zero-order valence-corrected chi connectivity index (χ0v) is 14.9. The quantitative estimate of drug-likeness (QED) is 0.820. The van der Waals surface area contributed by atoms with E-state index in [-0.39, 0.29) is 18.9 Å². The Morgan fingerprint density at radius 3 is 2.48 bits per heavy atom. The van der Waals surface area contributed by atoms with E-state index in [1.54, 1.807) is 18.2 Å². The minimum atomic E-state index is -1.05. The van der Waals surface area contributed by atoms with E-state index in [9.17, 15) is 14.7 Å². The number of hydrogen-bond acceptors (Lipinski definition) is 3. The number of benzene rings is 2. The summed E-state index contributed by atoms with van der Waals surface area (Å²) in [6.07, 6.45) is 0.00812. The molecule has 5 nitrogen and oxygen atoms in total. The van der Waals surface area contributed by atoms with Crippen LogP contribution in [0.25, 0.3) is 0 Å². The standard InChI is InChI=1S/C19H20ClNO4/c1-13(19(23)24)21(12-14-6-4-3-5-7-14)18(22)11-15-10-16(20)8-9-17(15)25-2/h3-10,13H,11-12H2,1-2H3,(H,23,24). The highest BCUT2D eigenvalue weighted by Crippen LogP contribution is 2.24. The molecule has 0 bridgehead atoms. The third-order valence-corrected chi connectivity index (χ3v) is 4.16. The van der Waals surface area contributed by atoms with Crippen LogP contribution in [0.3, 0.4) is 0 Å². The van der Waals surface area contributed by atoms with E-state index < -0.39 is 12.0 Å². The first-order valence-electron chi connectivity index (χ1n) is 7.81. The van der Waals surface area contributed by atoms with Crippen molar-refractivity contribution >= 4 is 23.5 Å². The normalized spacial score (nSPS) is 11.6. The average molecular weight is 362 g/mol. The number of halogens is 1. The Morgan fingerprint density at radius 2 is 1.88 bits per heavy atom. The second kappa shape index (κ2) is 8.53. The van der Waals surface area contributed by atoms with Gasteiger partial charge in [0.1, 0.15) is 11.8 Å². The Balaban J connectivity index is 2.26. The molecule has 0 aromatic heterocycles. The largest absolute Gasteiger partial charge is 0.496 e. The van der Waals surface area contributed by atoms with Gasteiger partial charge in [0, 0.05) is 17.1 Å². The zero-order valence-electron chi connectivity index (χ0n) is 14.1. The molecule has 132 valence electrons. The number of nitrogens with zero attached hydrogens (tertiary/aromatic N) is 1. The summed E-state index contributed by atoms with van der Waals surface area (Å²) in [5.41, 5.74) is 1.48. The second-order valence-electron chi connectivity index (χ2n) is 5.65. The van der Waals surface area contributed by atoms with Crippen LogP contribution >= 0.6 is 11.6 Å². The number of amides is 1. The van der Waals surface area contributed by atoms with Crippen molar-refractivity contribution in [2.45, 2.75) is 25.9 Å². The molecule has 2 rings (SSSR count). The molecule has 6 heteroatoms. The number of hydrogen-bond donors (Lipinski definition) is 1. The van der Waals surface area contributed by atoms with E-state index in [1.165, 1.54) is 18.9 Å². The fourth-order valence-corrected chi connectivity index (χ4v) is 2.70. The lowest BCUT2D eigenvalue weighted by Gasteiger charge is -2.27. The van der Waals surface area contributed by atoms with Gasteiger partial charge in [-0.25, -0.2) is 4.79 Å². The molecule has 0 saturated heterocycles. The third kappa shape index (κ3) is 4.97. The molecule has 25 heavy (non-hydrogen) atoms. The van der Waals surface area contributed by atoms with Crippen molar-refractivity contribution in [2.24, 2.45) is 0 Å². The van der Waals surface area contributed by atoms with Gasteiger partial charge in [0.05, 0.1) is 13.5 Å². The van der Waals surface area contributed by atoms with E-state index in [2.05, 4.69) is 0 Å². The van der Waals surface area contributed by atoms with Crippen molar-refractivity contribution in [3.63, 3.8) is 0 Å². The van der Waals surface area contributed by atoms with Crippen LogP contribution in [-0.2, 0) is 22.6 Å². The lowest BCUT2D eigenvalue weighted by Crippen LogP contribution is -2.43. The number of carbonyl (C=O) groups is 2. The number of methoxy groups -OCH3 is 1. The Morgan fingerprint density at radius 1 is 1.20 bits per heavy atom. The maximum atomic E-state index is 12.8. The zero-order chi connectivity index (χ0) is 18.4. The first-order valence-corrected chi connectivity index (χ1v) is 8.18. The van der Waals surface area contributed by atoms with E-state index in [1.807, 2.05) is 30.3 Å². The van der Waals surface area contributed by atoms with Crippen LogP contribution in [-0.4, -0.2) is 35.0 Å². The van der Waals surface area contributed by atoms with E-state index in [0.717, 1.165) is 5.56 Å². The number of rotatable bonds is 7. The minimum absolute atomic E-state index is 0.00812. The van der Waals surface area contributed by atoms with Crippen LogP contribution < -0.4 is 4.74 Å². The van der Waals surface area contributed by atoms with E-state index in [4.69, 9.17) is 16.3 Å². The maximum Gasteiger partial charge on any atom is 0.326 e. The molecule has 2 aromatic carbocycles. The smallest absolute Gasteiger partial charge is 0.326 e. The molecular formula is C19H20ClNO4. The predicted octanol–water partition coefficient (Wildman–Crippen LogP) is 3.39. The topological polar surface area (TPSA) is 66.8 Å². The van der Waals surface area contributed by atoms with Gasteiger partial charge in [-0.3, -0.25) is 4.79 Å². The molecule has 1 N–H and O–H groups in total. The highest BCUT2D eigenvalue weighted by molar-refractivity contribution is 6.30. The van der Waals surface area contributed by atoms with Gasteiger partial charge in [0.2, 0.25) is 5.91 Å². The number of carboxylic acid groups (broad SMARTS) is 1. The molecule has 1 unspecified atom stereocenters. The monoisotopic (exact) mass is 361 g/mol. The Kier molecular flexibility index (Phi) is 6.42. The molecule has 0 radical (unpaired) electrons. The Labute approximate surface area is 151 Å². The predicted molar refractivity (Wildman–Crippen MR) is 95.8 cm³/mol. The van der Waals surface area contributed by atoms with Crippen molar-refractivity contribution in [2.75, 3.05) is 7.11 Å². The van der Waals surface area contributed by atoms with Crippen molar-refractivity contribution in [3.05, 3.63) is 64.7 Å². The summed E-state index contributed by atoms with van der Waals surface area (Å²) in [5.74, 6) is -0.818. The van der Waals surface area contributed by atoms with Gasteiger partial charge in [0.15, 0.2) is 0 Å². The molecule has 0 spiro atoms. The molecule has 0 aliphatic rings. The molecule has 1 amide bonds. The van der Waals surface area contributed by atoms with Gasteiger partial charge in [-0.1, -0.05) is 41.9 Å². The number of ether oxygens (including phenoxy) is 1. The molecule has 1 atom stereocenters. The summed E-state index contributed by atoms with van der Waals surface area (Å²) in [7, 11) is 1.51. The highest BCUT2D eigenvalue weighted by atomic mass is 35.5. The SMILES string of the molecule is COc1ccc(Cl)cc1CC(=O)N(Cc1ccccc1)C(C)C(=O)O. The van der Waals surface area contributed by atoms with Crippen molar-refractivity contribution in [1.82, 2.24) is 4.90 Å². The van der Waals surface area contributed by atoms with E-state index in [0.29, 0.717) is 16.3 Å². The minimum Gasteiger partial charge on any atom is -0.496 e. The number of carboxylic acids is 1.